The molecule has 0 aromatic heterocycles. The second kappa shape index (κ2) is 10.4. The van der Waals surface area contributed by atoms with E-state index in [1.54, 1.807) is 61.5 Å². The minimum Gasteiger partial charge on any atom is -0.488 e. The molecule has 4 rings (SSSR count). The van der Waals surface area contributed by atoms with Crippen molar-refractivity contribution in [2.45, 2.75) is 13.5 Å². The van der Waals surface area contributed by atoms with Crippen LogP contribution < -0.4 is 15.0 Å². The van der Waals surface area contributed by atoms with Gasteiger partial charge in [-0.15, -0.1) is 0 Å². The smallest absolute Gasteiger partial charge is 0.335 e. The zero-order valence-corrected chi connectivity index (χ0v) is 21.9. The fourth-order valence-electron chi connectivity index (χ4n) is 3.40. The first kappa shape index (κ1) is 25.3. The number of nitrogens with one attached hydrogen (secondary N) is 1. The zero-order chi connectivity index (χ0) is 25.3. The normalized spacial score (nSPS) is 14.9. The maximum absolute atomic E-state index is 13.2. The van der Waals surface area contributed by atoms with Crippen LogP contribution in [0.1, 0.15) is 16.7 Å². The average molecular weight is 595 g/mol. The molecule has 4 amide bonds. The van der Waals surface area contributed by atoms with E-state index in [2.05, 4.69) is 21.2 Å². The second-order valence-corrected chi connectivity index (χ2v) is 9.66. The van der Waals surface area contributed by atoms with Gasteiger partial charge in [-0.2, -0.15) is 0 Å². The van der Waals surface area contributed by atoms with Crippen LogP contribution in [0.5, 0.6) is 5.75 Å². The van der Waals surface area contributed by atoms with Gasteiger partial charge in [-0.25, -0.2) is 9.69 Å². The fourth-order valence-corrected chi connectivity index (χ4v) is 4.54. The molecule has 1 aliphatic heterocycles. The number of barbiturate groups is 1. The highest BCUT2D eigenvalue weighted by Crippen LogP contribution is 2.32. The van der Waals surface area contributed by atoms with E-state index >= 15 is 0 Å². The topological polar surface area (TPSA) is 75.7 Å². The molecule has 1 fully saturated rings. The molecule has 1 N–H and O–H groups in total. The molecular formula is C25H16BrCl3N2O4. The molecule has 1 aliphatic rings. The van der Waals surface area contributed by atoms with Gasteiger partial charge in [-0.05, 0) is 76.5 Å². The van der Waals surface area contributed by atoms with Crippen LogP contribution in [0.4, 0.5) is 10.5 Å². The number of halogens is 4. The maximum atomic E-state index is 13.2. The number of amides is 4. The predicted octanol–water partition coefficient (Wildman–Crippen LogP) is 6.96. The van der Waals surface area contributed by atoms with E-state index in [0.29, 0.717) is 42.1 Å². The van der Waals surface area contributed by atoms with E-state index in [0.717, 1.165) is 10.5 Å². The van der Waals surface area contributed by atoms with Gasteiger partial charge in [-0.3, -0.25) is 14.9 Å². The number of hydrogen-bond acceptors (Lipinski definition) is 4. The van der Waals surface area contributed by atoms with Crippen LogP contribution in [0.3, 0.4) is 0 Å². The number of nitrogens with zero attached hydrogens (tertiary/aromatic N) is 1. The minimum atomic E-state index is -0.840. The third-order valence-electron chi connectivity index (χ3n) is 5.25. The highest BCUT2D eigenvalue weighted by atomic mass is 79.9. The predicted molar refractivity (Wildman–Crippen MR) is 140 cm³/mol. The van der Waals surface area contributed by atoms with Crippen molar-refractivity contribution >= 4 is 80.3 Å². The Kier molecular flexibility index (Phi) is 7.52. The van der Waals surface area contributed by atoms with Crippen molar-refractivity contribution in [3.63, 3.8) is 0 Å². The number of imide groups is 2. The average Bonchev–Trinajstić information content (AvgIpc) is 2.80. The summed E-state index contributed by atoms with van der Waals surface area (Å²) in [7, 11) is 0. The molecule has 10 heteroatoms. The van der Waals surface area contributed by atoms with Crippen LogP contribution in [0.25, 0.3) is 6.08 Å². The van der Waals surface area contributed by atoms with Gasteiger partial charge in [-0.1, -0.05) is 53.0 Å². The summed E-state index contributed by atoms with van der Waals surface area (Å²) in [4.78, 5) is 39.0. The number of carbonyl (C=O) groups excluding carboxylic acids is 3. The van der Waals surface area contributed by atoms with Crippen molar-refractivity contribution in [2.75, 3.05) is 4.90 Å². The Morgan fingerprint density at radius 1 is 1.00 bits per heavy atom. The van der Waals surface area contributed by atoms with Crippen LogP contribution in [0.15, 0.2) is 64.6 Å². The third-order valence-corrected chi connectivity index (χ3v) is 6.86. The summed E-state index contributed by atoms with van der Waals surface area (Å²) in [5, 5.41) is 3.62. The molecule has 0 aliphatic carbocycles. The maximum Gasteiger partial charge on any atom is 0.335 e. The molecule has 178 valence electrons. The fraction of sp³-hybridized carbons (Fsp3) is 0.0800. The lowest BCUT2D eigenvalue weighted by atomic mass is 10.1. The van der Waals surface area contributed by atoms with Crippen LogP contribution in [0, 0.1) is 6.92 Å². The van der Waals surface area contributed by atoms with Gasteiger partial charge in [0.05, 0.1) is 10.2 Å². The molecule has 3 aromatic carbocycles. The van der Waals surface area contributed by atoms with Crippen molar-refractivity contribution in [1.29, 1.82) is 0 Å². The summed E-state index contributed by atoms with van der Waals surface area (Å²) in [6, 6.07) is 14.2. The number of hydrogen-bond donors (Lipinski definition) is 1. The third kappa shape index (κ3) is 5.38. The summed E-state index contributed by atoms with van der Waals surface area (Å²) < 4.78 is 6.43. The van der Waals surface area contributed by atoms with Gasteiger partial charge in [0.1, 0.15) is 17.9 Å². The van der Waals surface area contributed by atoms with Gasteiger partial charge < -0.3 is 4.74 Å². The molecular weight excluding hydrogens is 579 g/mol. The van der Waals surface area contributed by atoms with E-state index in [1.165, 1.54) is 6.08 Å². The van der Waals surface area contributed by atoms with Crippen molar-refractivity contribution in [3.05, 3.63) is 96.4 Å². The lowest BCUT2D eigenvalue weighted by Crippen LogP contribution is -2.54. The van der Waals surface area contributed by atoms with Gasteiger partial charge in [0.15, 0.2) is 0 Å². The van der Waals surface area contributed by atoms with Crippen LogP contribution in [-0.4, -0.2) is 17.8 Å². The minimum absolute atomic E-state index is 0.197. The van der Waals surface area contributed by atoms with E-state index in [-0.39, 0.29) is 12.2 Å². The van der Waals surface area contributed by atoms with Crippen molar-refractivity contribution in [2.24, 2.45) is 0 Å². The number of rotatable bonds is 5. The standard InChI is InChI=1S/C25H16BrCl3N2O4/c1-13-19(28)3-2-4-21(13)31-24(33)17(23(32)30-25(31)34)9-14-5-8-22(18(26)10-14)35-12-15-6-7-16(27)11-20(15)29/h2-11H,12H2,1H3,(H,30,32,34)/b17-9+. The Labute approximate surface area is 224 Å². The van der Waals surface area contributed by atoms with Gasteiger partial charge in [0, 0.05) is 20.6 Å². The quantitative estimate of drug-likeness (QED) is 0.256. The second-order valence-electron chi connectivity index (χ2n) is 7.56. The molecule has 1 saturated heterocycles. The number of benzene rings is 3. The monoisotopic (exact) mass is 592 g/mol. The molecule has 0 spiro atoms. The molecule has 0 saturated carbocycles. The van der Waals surface area contributed by atoms with Crippen molar-refractivity contribution < 1.29 is 19.1 Å². The van der Waals surface area contributed by atoms with Gasteiger partial charge >= 0.3 is 6.03 Å². The largest absolute Gasteiger partial charge is 0.488 e. The summed E-state index contributed by atoms with van der Waals surface area (Å²) in [5.74, 6) is -1.01. The first-order valence-electron chi connectivity index (χ1n) is 10.2. The first-order valence-corrected chi connectivity index (χ1v) is 12.1. The molecule has 1 heterocycles. The highest BCUT2D eigenvalue weighted by Gasteiger charge is 2.37. The molecule has 0 bridgehead atoms. The van der Waals surface area contributed by atoms with Crippen LogP contribution in [0.2, 0.25) is 15.1 Å². The highest BCUT2D eigenvalue weighted by molar-refractivity contribution is 9.10. The molecule has 35 heavy (non-hydrogen) atoms. The lowest BCUT2D eigenvalue weighted by Gasteiger charge is -2.27. The number of anilines is 1. The molecule has 3 aromatic rings. The Morgan fingerprint density at radius 3 is 2.49 bits per heavy atom. The molecule has 0 atom stereocenters. The Bertz CT molecular complexity index is 1410. The van der Waals surface area contributed by atoms with Crippen molar-refractivity contribution in [3.8, 4) is 5.75 Å². The lowest BCUT2D eigenvalue weighted by molar-refractivity contribution is -0.122. The number of urea groups is 1. The molecule has 0 unspecified atom stereocenters. The van der Waals surface area contributed by atoms with E-state index in [4.69, 9.17) is 39.5 Å². The summed E-state index contributed by atoms with van der Waals surface area (Å²) >= 11 is 21.7. The van der Waals surface area contributed by atoms with E-state index in [9.17, 15) is 14.4 Å². The Morgan fingerprint density at radius 2 is 1.77 bits per heavy atom. The first-order chi connectivity index (χ1) is 16.7. The molecule has 6 nitrogen and oxygen atoms in total. The summed E-state index contributed by atoms with van der Waals surface area (Å²) in [5.41, 5.74) is 1.95. The Balaban J connectivity index is 1.58. The van der Waals surface area contributed by atoms with Gasteiger partial charge in [0.2, 0.25) is 0 Å². The van der Waals surface area contributed by atoms with E-state index in [1.807, 2.05) is 0 Å². The Hall–Kier alpha value is -2.84. The summed E-state index contributed by atoms with van der Waals surface area (Å²) in [6.07, 6.45) is 1.40. The summed E-state index contributed by atoms with van der Waals surface area (Å²) in [6.45, 7) is 1.90. The number of carbonyl (C=O) groups is 3. The number of ether oxygens (including phenoxy) is 1. The van der Waals surface area contributed by atoms with Crippen LogP contribution >= 0.6 is 50.7 Å². The SMILES string of the molecule is Cc1c(Cl)cccc1N1C(=O)NC(=O)/C(=C\c2ccc(OCc3ccc(Cl)cc3Cl)c(Br)c2)C1=O. The van der Waals surface area contributed by atoms with Gasteiger partial charge in [0.25, 0.3) is 11.8 Å². The van der Waals surface area contributed by atoms with Crippen LogP contribution in [-0.2, 0) is 16.2 Å². The molecule has 0 radical (unpaired) electrons. The zero-order valence-electron chi connectivity index (χ0n) is 18.1. The van der Waals surface area contributed by atoms with E-state index < -0.39 is 17.8 Å². The van der Waals surface area contributed by atoms with Crippen molar-refractivity contribution in [1.82, 2.24) is 5.32 Å².